The van der Waals surface area contributed by atoms with Crippen LogP contribution in [0.15, 0.2) is 71.7 Å². The second kappa shape index (κ2) is 7.06. The van der Waals surface area contributed by atoms with Crippen LogP contribution in [0.4, 0.5) is 0 Å². The fourth-order valence-corrected chi connectivity index (χ4v) is 3.18. The minimum atomic E-state index is -0.319. The van der Waals surface area contributed by atoms with Crippen LogP contribution in [-0.2, 0) is 19.6 Å². The van der Waals surface area contributed by atoms with Crippen molar-refractivity contribution >= 4 is 0 Å². The third kappa shape index (κ3) is 3.63. The Balaban J connectivity index is 1.41. The van der Waals surface area contributed by atoms with Gasteiger partial charge >= 0.3 is 0 Å². The first-order valence-electron chi connectivity index (χ1n) is 8.64. The normalized spacial score (nSPS) is 14.0. The van der Waals surface area contributed by atoms with Crippen LogP contribution in [-0.4, -0.2) is 21.1 Å². The lowest BCUT2D eigenvalue weighted by Gasteiger charge is -2.30. The van der Waals surface area contributed by atoms with E-state index in [1.807, 2.05) is 47.0 Å². The standard InChI is InChI=1S/C21H20N2O3/c24-20-12-17-14-22(10-11-23(17)15-21(20)25)13-16-6-8-19(9-7-16)26-18-4-2-1-3-5-18/h1-9,12,15,25H,10-11,13-14H2. The van der Waals surface area contributed by atoms with Crippen molar-refractivity contribution in [2.45, 2.75) is 19.6 Å². The highest BCUT2D eigenvalue weighted by atomic mass is 16.5. The van der Waals surface area contributed by atoms with E-state index < -0.39 is 0 Å². The molecule has 132 valence electrons. The largest absolute Gasteiger partial charge is 0.503 e. The molecule has 0 radical (unpaired) electrons. The summed E-state index contributed by atoms with van der Waals surface area (Å²) in [5.74, 6) is 1.45. The van der Waals surface area contributed by atoms with Crippen LogP contribution in [0.1, 0.15) is 11.3 Å². The predicted octanol–water partition coefficient (Wildman–Crippen LogP) is 3.36. The molecule has 1 aliphatic heterocycles. The van der Waals surface area contributed by atoms with Crippen LogP contribution < -0.4 is 10.2 Å². The second-order valence-corrected chi connectivity index (χ2v) is 6.48. The maximum absolute atomic E-state index is 11.6. The fourth-order valence-electron chi connectivity index (χ4n) is 3.18. The molecule has 0 saturated heterocycles. The van der Waals surface area contributed by atoms with Crippen LogP contribution in [0.2, 0.25) is 0 Å². The molecule has 2 heterocycles. The fraction of sp³-hybridized carbons (Fsp3) is 0.190. The smallest absolute Gasteiger partial charge is 0.223 e. The topological polar surface area (TPSA) is 54.7 Å². The number of para-hydroxylation sites is 1. The van der Waals surface area contributed by atoms with E-state index in [4.69, 9.17) is 4.74 Å². The van der Waals surface area contributed by atoms with E-state index in [0.717, 1.165) is 36.8 Å². The molecule has 0 aliphatic carbocycles. The third-order valence-electron chi connectivity index (χ3n) is 4.55. The molecule has 2 aromatic carbocycles. The minimum absolute atomic E-state index is 0.184. The van der Waals surface area contributed by atoms with Gasteiger partial charge in [0.25, 0.3) is 0 Å². The summed E-state index contributed by atoms with van der Waals surface area (Å²) in [6.07, 6.45) is 1.53. The van der Waals surface area contributed by atoms with Crippen LogP contribution >= 0.6 is 0 Å². The first-order chi connectivity index (χ1) is 12.7. The molecule has 0 atom stereocenters. The highest BCUT2D eigenvalue weighted by molar-refractivity contribution is 5.33. The lowest BCUT2D eigenvalue weighted by atomic mass is 10.1. The Kier molecular flexibility index (Phi) is 4.46. The zero-order valence-electron chi connectivity index (χ0n) is 14.3. The summed E-state index contributed by atoms with van der Waals surface area (Å²) >= 11 is 0. The molecular formula is C21H20N2O3. The summed E-state index contributed by atoms with van der Waals surface area (Å²) in [6, 6.07) is 19.3. The van der Waals surface area contributed by atoms with E-state index in [0.29, 0.717) is 6.54 Å². The van der Waals surface area contributed by atoms with Crippen molar-refractivity contribution in [2.24, 2.45) is 0 Å². The summed E-state index contributed by atoms with van der Waals surface area (Å²) in [4.78, 5) is 13.9. The van der Waals surface area contributed by atoms with Crippen molar-refractivity contribution in [3.8, 4) is 17.2 Å². The average Bonchev–Trinajstić information content (AvgIpc) is 2.65. The number of benzene rings is 2. The Hall–Kier alpha value is -3.05. The number of aromatic nitrogens is 1. The number of ether oxygens (including phenoxy) is 1. The average molecular weight is 348 g/mol. The lowest BCUT2D eigenvalue weighted by molar-refractivity contribution is 0.210. The Labute approximate surface area is 151 Å². The first-order valence-corrected chi connectivity index (χ1v) is 8.64. The number of fused-ring (bicyclic) bond motifs is 1. The van der Waals surface area contributed by atoms with E-state index in [2.05, 4.69) is 17.0 Å². The molecule has 0 saturated carbocycles. The monoisotopic (exact) mass is 348 g/mol. The maximum atomic E-state index is 11.6. The van der Waals surface area contributed by atoms with Crippen molar-refractivity contribution in [1.82, 2.24) is 9.47 Å². The predicted molar refractivity (Wildman–Crippen MR) is 99.4 cm³/mol. The van der Waals surface area contributed by atoms with Crippen LogP contribution in [0.3, 0.4) is 0 Å². The molecule has 26 heavy (non-hydrogen) atoms. The molecule has 5 nitrogen and oxygen atoms in total. The Morgan fingerprint density at radius 1 is 0.962 bits per heavy atom. The highest BCUT2D eigenvalue weighted by Crippen LogP contribution is 2.22. The van der Waals surface area contributed by atoms with Gasteiger partial charge in [-0.2, -0.15) is 0 Å². The minimum Gasteiger partial charge on any atom is -0.503 e. The molecule has 0 amide bonds. The maximum Gasteiger partial charge on any atom is 0.223 e. The van der Waals surface area contributed by atoms with Crippen LogP contribution in [0.5, 0.6) is 17.2 Å². The van der Waals surface area contributed by atoms with Gasteiger partial charge in [0.15, 0.2) is 5.75 Å². The number of pyridine rings is 1. The molecule has 3 aromatic rings. The van der Waals surface area contributed by atoms with E-state index >= 15 is 0 Å². The summed E-state index contributed by atoms with van der Waals surface area (Å²) < 4.78 is 7.77. The molecule has 1 aliphatic rings. The molecular weight excluding hydrogens is 328 g/mol. The summed E-state index contributed by atoms with van der Waals surface area (Å²) in [5.41, 5.74) is 1.81. The van der Waals surface area contributed by atoms with Gasteiger partial charge in [0.05, 0.1) is 6.20 Å². The van der Waals surface area contributed by atoms with E-state index in [-0.39, 0.29) is 11.2 Å². The quantitative estimate of drug-likeness (QED) is 0.785. The number of hydrogen-bond donors (Lipinski definition) is 1. The Bertz CT molecular complexity index is 949. The van der Waals surface area contributed by atoms with Gasteiger partial charge in [-0.15, -0.1) is 0 Å². The van der Waals surface area contributed by atoms with Gasteiger partial charge in [0, 0.05) is 37.9 Å². The second-order valence-electron chi connectivity index (χ2n) is 6.48. The highest BCUT2D eigenvalue weighted by Gasteiger charge is 2.17. The van der Waals surface area contributed by atoms with Crippen molar-refractivity contribution in [3.05, 3.63) is 88.3 Å². The van der Waals surface area contributed by atoms with Gasteiger partial charge in [0.1, 0.15) is 11.5 Å². The van der Waals surface area contributed by atoms with Crippen LogP contribution in [0.25, 0.3) is 0 Å². The first kappa shape index (κ1) is 16.4. The molecule has 0 spiro atoms. The van der Waals surface area contributed by atoms with Gasteiger partial charge in [-0.25, -0.2) is 0 Å². The number of hydrogen-bond acceptors (Lipinski definition) is 4. The molecule has 0 unspecified atom stereocenters. The van der Waals surface area contributed by atoms with Gasteiger partial charge in [-0.3, -0.25) is 9.69 Å². The van der Waals surface area contributed by atoms with E-state index in [1.165, 1.54) is 17.8 Å². The van der Waals surface area contributed by atoms with Gasteiger partial charge in [-0.05, 0) is 29.8 Å². The summed E-state index contributed by atoms with van der Waals surface area (Å²) in [7, 11) is 0. The van der Waals surface area contributed by atoms with Crippen molar-refractivity contribution in [2.75, 3.05) is 6.54 Å². The molecule has 0 bridgehead atoms. The molecule has 0 fully saturated rings. The van der Waals surface area contributed by atoms with E-state index in [1.54, 1.807) is 0 Å². The zero-order valence-corrected chi connectivity index (χ0v) is 14.3. The van der Waals surface area contributed by atoms with Gasteiger partial charge in [0.2, 0.25) is 5.43 Å². The SMILES string of the molecule is O=c1cc2n(cc1O)CCN(Cc1ccc(Oc3ccccc3)cc1)C2. The van der Waals surface area contributed by atoms with Gasteiger partial charge in [-0.1, -0.05) is 30.3 Å². The van der Waals surface area contributed by atoms with Crippen molar-refractivity contribution in [3.63, 3.8) is 0 Å². The lowest BCUT2D eigenvalue weighted by Crippen LogP contribution is -2.34. The Morgan fingerprint density at radius 2 is 1.69 bits per heavy atom. The van der Waals surface area contributed by atoms with Crippen molar-refractivity contribution < 1.29 is 9.84 Å². The van der Waals surface area contributed by atoms with E-state index in [9.17, 15) is 9.90 Å². The molecule has 1 N–H and O–H groups in total. The number of rotatable bonds is 4. The molecule has 5 heteroatoms. The zero-order chi connectivity index (χ0) is 17.9. The Morgan fingerprint density at radius 3 is 2.46 bits per heavy atom. The van der Waals surface area contributed by atoms with Gasteiger partial charge < -0.3 is 14.4 Å². The third-order valence-corrected chi connectivity index (χ3v) is 4.55. The van der Waals surface area contributed by atoms with Crippen molar-refractivity contribution in [1.29, 1.82) is 0 Å². The summed E-state index contributed by atoms with van der Waals surface area (Å²) in [5, 5.41) is 9.55. The molecule has 1 aromatic heterocycles. The van der Waals surface area contributed by atoms with Crippen LogP contribution in [0, 0.1) is 0 Å². The summed E-state index contributed by atoms with van der Waals surface area (Å²) in [6.45, 7) is 3.13. The molecule has 4 rings (SSSR count). The number of nitrogens with zero attached hydrogens (tertiary/aromatic N) is 2. The number of aromatic hydroxyl groups is 1.